The number of hydrogen-bond acceptors (Lipinski definition) is 9. The maximum Gasteiger partial charge on any atom is 0.256 e. The molecule has 5 rings (SSSR count). The third-order valence-electron chi connectivity index (χ3n) is 9.52. The van der Waals surface area contributed by atoms with Crippen molar-refractivity contribution in [2.45, 2.75) is 39.7 Å². The number of allylic oxidation sites excluding steroid dienone is 6. The SMILES string of the molecule is C=CC(=C1/OCC/C1=C(/C)NCc1cccc(C(=O)Nc2ccc(N3CCN(C(=O)C4CCN(C)CC4)CC3)cn2)c1)/C(C)=C/C=N\C(=C)N. The van der Waals surface area contributed by atoms with Gasteiger partial charge in [-0.15, -0.1) is 0 Å². The lowest BCUT2D eigenvalue weighted by Crippen LogP contribution is -2.51. The van der Waals surface area contributed by atoms with Crippen LogP contribution in [0, 0.1) is 5.92 Å². The van der Waals surface area contributed by atoms with E-state index in [1.54, 1.807) is 24.6 Å². The first kappa shape index (κ1) is 36.1. The van der Waals surface area contributed by atoms with Crippen LogP contribution in [0.2, 0.25) is 0 Å². The summed E-state index contributed by atoms with van der Waals surface area (Å²) in [4.78, 5) is 41.3. The minimum absolute atomic E-state index is 0.150. The zero-order valence-corrected chi connectivity index (χ0v) is 29.6. The first-order valence-electron chi connectivity index (χ1n) is 17.3. The minimum Gasteiger partial charge on any atom is -0.492 e. The number of hydrogen-bond donors (Lipinski definition) is 3. The number of ether oxygens (including phenoxy) is 1. The van der Waals surface area contributed by atoms with Crippen LogP contribution in [0.5, 0.6) is 0 Å². The van der Waals surface area contributed by atoms with E-state index in [4.69, 9.17) is 10.5 Å². The summed E-state index contributed by atoms with van der Waals surface area (Å²) in [7, 11) is 2.11. The molecule has 0 bridgehead atoms. The number of anilines is 2. The predicted molar refractivity (Wildman–Crippen MR) is 201 cm³/mol. The molecule has 0 spiro atoms. The highest BCUT2D eigenvalue weighted by molar-refractivity contribution is 6.03. The summed E-state index contributed by atoms with van der Waals surface area (Å²) in [5.41, 5.74) is 12.0. The zero-order valence-electron chi connectivity index (χ0n) is 29.6. The van der Waals surface area contributed by atoms with Crippen LogP contribution in [0.25, 0.3) is 0 Å². The Morgan fingerprint density at radius 3 is 2.54 bits per heavy atom. The van der Waals surface area contributed by atoms with Crippen molar-refractivity contribution in [3.8, 4) is 0 Å². The van der Waals surface area contributed by atoms with E-state index < -0.39 is 0 Å². The van der Waals surface area contributed by atoms with Gasteiger partial charge < -0.3 is 35.8 Å². The summed E-state index contributed by atoms with van der Waals surface area (Å²) in [5.74, 6) is 1.75. The number of piperidine rings is 1. The number of rotatable bonds is 11. The van der Waals surface area contributed by atoms with Gasteiger partial charge in [0.15, 0.2) is 0 Å². The molecule has 50 heavy (non-hydrogen) atoms. The van der Waals surface area contributed by atoms with Crippen molar-refractivity contribution in [3.05, 3.63) is 113 Å². The molecular weight excluding hydrogens is 628 g/mol. The van der Waals surface area contributed by atoms with Crippen LogP contribution in [-0.4, -0.2) is 85.7 Å². The lowest BCUT2D eigenvalue weighted by Gasteiger charge is -2.38. The number of aliphatic imine (C=N–C) groups is 1. The number of nitrogens with one attached hydrogen (secondary N) is 2. The number of likely N-dealkylation sites (tertiary alicyclic amines) is 1. The summed E-state index contributed by atoms with van der Waals surface area (Å²) in [6, 6.07) is 11.4. The molecule has 4 heterocycles. The Labute approximate surface area is 296 Å². The summed E-state index contributed by atoms with van der Waals surface area (Å²) in [6.45, 7) is 17.6. The topological polar surface area (TPSA) is 128 Å². The van der Waals surface area contributed by atoms with Crippen LogP contribution in [-0.2, 0) is 16.1 Å². The van der Waals surface area contributed by atoms with Crippen LogP contribution >= 0.6 is 0 Å². The van der Waals surface area contributed by atoms with Gasteiger partial charge in [0.1, 0.15) is 17.4 Å². The lowest BCUT2D eigenvalue weighted by atomic mass is 9.95. The first-order valence-corrected chi connectivity index (χ1v) is 17.3. The molecule has 3 fully saturated rings. The number of carbonyl (C=O) groups is 2. The van der Waals surface area contributed by atoms with E-state index in [9.17, 15) is 9.59 Å². The molecule has 11 nitrogen and oxygen atoms in total. The number of nitrogens with two attached hydrogens (primary N) is 1. The molecule has 3 aliphatic rings. The van der Waals surface area contributed by atoms with Crippen LogP contribution in [0.15, 0.2) is 107 Å². The fourth-order valence-electron chi connectivity index (χ4n) is 6.52. The van der Waals surface area contributed by atoms with Crippen molar-refractivity contribution in [3.63, 3.8) is 0 Å². The van der Waals surface area contributed by atoms with Crippen molar-refractivity contribution < 1.29 is 14.3 Å². The Morgan fingerprint density at radius 2 is 1.86 bits per heavy atom. The van der Waals surface area contributed by atoms with Gasteiger partial charge in [0.25, 0.3) is 5.91 Å². The number of pyridine rings is 1. The molecule has 0 saturated carbocycles. The predicted octanol–water partition coefficient (Wildman–Crippen LogP) is 5.00. The maximum absolute atomic E-state index is 13.2. The van der Waals surface area contributed by atoms with Gasteiger partial charge in [-0.2, -0.15) is 0 Å². The Bertz CT molecular complexity index is 1690. The highest BCUT2D eigenvalue weighted by Gasteiger charge is 2.30. The smallest absolute Gasteiger partial charge is 0.256 e. The number of carbonyl (C=O) groups excluding carboxylic acids is 2. The number of benzene rings is 1. The van der Waals surface area contributed by atoms with Gasteiger partial charge >= 0.3 is 0 Å². The quantitative estimate of drug-likeness (QED) is 0.284. The van der Waals surface area contributed by atoms with Crippen LogP contribution < -0.4 is 21.3 Å². The van der Waals surface area contributed by atoms with Crippen LogP contribution in [0.4, 0.5) is 11.5 Å². The highest BCUT2D eigenvalue weighted by Crippen LogP contribution is 2.32. The van der Waals surface area contributed by atoms with Crippen LogP contribution in [0.1, 0.15) is 49.0 Å². The molecule has 0 aliphatic carbocycles. The van der Waals surface area contributed by atoms with Crippen molar-refractivity contribution in [2.24, 2.45) is 16.6 Å². The largest absolute Gasteiger partial charge is 0.492 e. The molecule has 11 heteroatoms. The Morgan fingerprint density at radius 1 is 1.10 bits per heavy atom. The van der Waals surface area contributed by atoms with E-state index in [0.717, 1.165) is 84.9 Å². The molecule has 2 aromatic rings. The second-order valence-corrected chi connectivity index (χ2v) is 13.1. The Hall–Kier alpha value is -5.16. The number of amides is 2. The van der Waals surface area contributed by atoms with E-state index >= 15 is 0 Å². The van der Waals surface area contributed by atoms with Gasteiger partial charge in [0, 0.05) is 73.7 Å². The minimum atomic E-state index is -0.225. The maximum atomic E-state index is 13.2. The summed E-state index contributed by atoms with van der Waals surface area (Å²) < 4.78 is 6.03. The van der Waals surface area contributed by atoms with E-state index in [2.05, 4.69) is 50.6 Å². The standard InChI is InChI=1S/C39H50N8O3/c1-6-34(27(2)12-16-41-29(4)40)37-35(15-23-50-37)28(3)42-25-30-8-7-9-32(24-30)38(48)44-36-11-10-33(26-43-36)46-19-21-47(22-20-46)39(49)31-13-17-45(5)18-14-31/h6-12,16,24,26,31,42H,1,4,13-15,17-23,25,40H2,2-3,5H3,(H,43,44,48)/b27-12+,35-28+,37-34-,41-16-. The first-order chi connectivity index (χ1) is 24.1. The molecule has 0 atom stereocenters. The summed E-state index contributed by atoms with van der Waals surface area (Å²) >= 11 is 0. The number of piperazine rings is 1. The van der Waals surface area contributed by atoms with Crippen molar-refractivity contribution in [2.75, 3.05) is 63.1 Å². The highest BCUT2D eigenvalue weighted by atomic mass is 16.5. The Kier molecular flexibility index (Phi) is 12.3. The van der Waals surface area contributed by atoms with Gasteiger partial charge in [-0.25, -0.2) is 9.98 Å². The molecule has 3 aliphatic heterocycles. The third-order valence-corrected chi connectivity index (χ3v) is 9.52. The molecule has 4 N–H and O–H groups in total. The number of nitrogens with zero attached hydrogens (tertiary/aromatic N) is 5. The monoisotopic (exact) mass is 678 g/mol. The van der Waals surface area contributed by atoms with Crippen molar-refractivity contribution in [1.82, 2.24) is 20.1 Å². The third kappa shape index (κ3) is 9.29. The molecular formula is C39H50N8O3. The van der Waals surface area contributed by atoms with E-state index in [-0.39, 0.29) is 17.6 Å². The molecule has 264 valence electrons. The molecule has 3 saturated heterocycles. The van der Waals surface area contributed by atoms with Gasteiger partial charge in [-0.05, 0) is 88.3 Å². The fourth-order valence-corrected chi connectivity index (χ4v) is 6.52. The summed E-state index contributed by atoms with van der Waals surface area (Å²) in [5, 5.41) is 6.44. The van der Waals surface area contributed by atoms with Crippen LogP contribution in [0.3, 0.4) is 0 Å². The van der Waals surface area contributed by atoms with E-state index in [1.165, 1.54) is 0 Å². The average Bonchev–Trinajstić information content (AvgIpc) is 3.61. The fraction of sp³-hybridized carbons (Fsp3) is 0.385. The van der Waals surface area contributed by atoms with Gasteiger partial charge in [0.05, 0.1) is 18.5 Å². The van der Waals surface area contributed by atoms with E-state index in [1.807, 2.05) is 55.2 Å². The van der Waals surface area contributed by atoms with Gasteiger partial charge in [-0.3, -0.25) is 9.59 Å². The Balaban J connectivity index is 1.15. The number of aromatic nitrogens is 1. The lowest BCUT2D eigenvalue weighted by molar-refractivity contribution is -0.137. The van der Waals surface area contributed by atoms with E-state index in [0.29, 0.717) is 43.5 Å². The van der Waals surface area contributed by atoms with Gasteiger partial charge in [0.2, 0.25) is 5.91 Å². The molecule has 0 unspecified atom stereocenters. The molecule has 0 radical (unpaired) electrons. The molecule has 1 aromatic carbocycles. The van der Waals surface area contributed by atoms with Crippen molar-refractivity contribution in [1.29, 1.82) is 0 Å². The zero-order chi connectivity index (χ0) is 35.6. The molecule has 1 aromatic heterocycles. The molecule has 2 amide bonds. The van der Waals surface area contributed by atoms with Crippen molar-refractivity contribution >= 4 is 29.5 Å². The second kappa shape index (κ2) is 17.0. The summed E-state index contributed by atoms with van der Waals surface area (Å²) in [6.07, 6.45) is 9.71. The van der Waals surface area contributed by atoms with Gasteiger partial charge in [-0.1, -0.05) is 31.4 Å². The average molecular weight is 679 g/mol. The normalized spacial score (nSPS) is 19.6. The second-order valence-electron chi connectivity index (χ2n) is 13.1.